The first kappa shape index (κ1) is 85.5. The summed E-state index contributed by atoms with van der Waals surface area (Å²) < 4.78 is 205. The number of methoxy groups -OCH3 is 1. The van der Waals surface area contributed by atoms with Gasteiger partial charge in [-0.3, -0.25) is 41.4 Å². The SMILES string of the molecule is COCCN1C(=CC=CC2=[N+](CCCCCC(=O)NCCOCCOCCOCCOCCC(=O)NCCCc3cn([C@@H]4O[C@H](COP(=O)(O)O)C(OP(=O)(O)O)[C@@H]4O)c(=O)nc3N)c3ccc(S(=O)(=O)O)cc3C2(C)CCCS(=O)(=O)O)C(C)(CCCS(=O)(=O)O)c2cc(S(=O)(=O)O)ccc21. The van der Waals surface area contributed by atoms with Crippen molar-refractivity contribution in [3.8, 4) is 0 Å². The molecule has 37 nitrogen and oxygen atoms in total. The number of phosphoric acid groups is 2. The van der Waals surface area contributed by atoms with E-state index in [9.17, 15) is 90.3 Å². The second-order valence-corrected chi connectivity index (χ2v) is 32.8. The predicted octanol–water partition coefficient (Wildman–Crippen LogP) is 1.60. The summed E-state index contributed by atoms with van der Waals surface area (Å²) in [6.45, 7) is 5.31. The van der Waals surface area contributed by atoms with Crippen LogP contribution in [-0.2, 0) is 114 Å². The van der Waals surface area contributed by atoms with Crippen LogP contribution in [0.25, 0.3) is 0 Å². The van der Waals surface area contributed by atoms with Crippen LogP contribution in [-0.4, -0.2) is 237 Å². The fourth-order valence-electron chi connectivity index (χ4n) is 12.1. The number of ether oxygens (including phenoxy) is 6. The van der Waals surface area contributed by atoms with Gasteiger partial charge in [0.1, 0.15) is 30.7 Å². The molecule has 6 atom stereocenters. The minimum absolute atomic E-state index is 0.0229. The molecular formula is C59H90N7O30P2S4+. The van der Waals surface area contributed by atoms with Crippen molar-refractivity contribution in [2.45, 2.75) is 130 Å². The van der Waals surface area contributed by atoms with Gasteiger partial charge in [0.05, 0.1) is 92.8 Å². The van der Waals surface area contributed by atoms with Crippen LogP contribution in [0.2, 0.25) is 0 Å². The van der Waals surface area contributed by atoms with Gasteiger partial charge in [0.2, 0.25) is 17.5 Å². The standard InChI is InChI=1S/C59H89N7O30P2S4/c1-58(20-9-35-99(77,78)79)44-37-42(101(83,84)85)15-17-46(44)64(49(58)12-7-13-50-59(2,21-10-36-100(80,81)82)45-38-43(102(86,87)88)16-18-47(45)65(50)25-28-89-3)24-6-4-5-14-51(67)62-23-27-91-30-32-93-34-33-92-31-29-90-26-19-52(68)61-22-8-11-41-39-66(57(70)63-55(41)60)56-53(69)54(96-98(74,75)76)48(95-56)40-94-97(71,72)73/h7,12-13,15-18,37-39,48,53-54,56,69H,4-6,8-11,14,19-36,40H2,1-3H3,(H11-,60,61,62,63,67,68,70,71,72,73,74,75,76,77,78,79,80,81,82,83,84,85,86,87,88)/p+1/t48-,53+,54?,56-,58?,59?/m1/s1. The van der Waals surface area contributed by atoms with Gasteiger partial charge in [-0.05, 0) is 107 Å². The molecule has 43 heteroatoms. The number of allylic oxidation sites excluding steroid dienone is 4. The molecule has 13 N–H and O–H groups in total. The number of nitrogen functional groups attached to an aromatic ring is 1. The molecule has 2 amide bonds. The summed E-state index contributed by atoms with van der Waals surface area (Å²) in [6.07, 6.45) is 1.26. The Bertz CT molecular complexity index is 4130. The molecule has 1 fully saturated rings. The summed E-state index contributed by atoms with van der Waals surface area (Å²) in [5.41, 5.74) is 5.89. The second-order valence-electron chi connectivity index (χ2n) is 24.4. The lowest BCUT2D eigenvalue weighted by Gasteiger charge is -2.30. The number of unbranched alkanes of at least 4 members (excludes halogenated alkanes) is 2. The molecule has 574 valence electrons. The highest BCUT2D eigenvalue weighted by Gasteiger charge is 2.51. The molecule has 3 aliphatic rings. The number of hydrogen-bond donors (Lipinski definition) is 12. The summed E-state index contributed by atoms with van der Waals surface area (Å²) >= 11 is 0. The predicted molar refractivity (Wildman–Crippen MR) is 363 cm³/mol. The zero-order chi connectivity index (χ0) is 75.5. The van der Waals surface area contributed by atoms with Crippen LogP contribution in [0.3, 0.4) is 0 Å². The number of aliphatic hydroxyl groups is 1. The summed E-state index contributed by atoms with van der Waals surface area (Å²) in [6, 6.07) is 8.11. The van der Waals surface area contributed by atoms with E-state index in [4.69, 9.17) is 43.9 Å². The molecule has 3 aliphatic heterocycles. The van der Waals surface area contributed by atoms with Crippen molar-refractivity contribution in [3.05, 3.63) is 93.7 Å². The van der Waals surface area contributed by atoms with Crippen LogP contribution in [0.5, 0.6) is 0 Å². The van der Waals surface area contributed by atoms with E-state index in [2.05, 4.69) is 24.7 Å². The van der Waals surface area contributed by atoms with Gasteiger partial charge >= 0.3 is 21.3 Å². The molecule has 1 saturated heterocycles. The summed E-state index contributed by atoms with van der Waals surface area (Å²) in [5, 5.41) is 16.3. The smallest absolute Gasteiger partial charge is 0.386 e. The Morgan fingerprint density at radius 1 is 0.716 bits per heavy atom. The third-order valence-corrected chi connectivity index (χ3v) is 21.2. The van der Waals surface area contributed by atoms with E-state index in [1.165, 1.54) is 49.7 Å². The van der Waals surface area contributed by atoms with Gasteiger partial charge in [-0.1, -0.05) is 6.08 Å². The quantitative estimate of drug-likeness (QED) is 0.0165. The van der Waals surface area contributed by atoms with Gasteiger partial charge in [-0.15, -0.1) is 0 Å². The van der Waals surface area contributed by atoms with E-state index in [1.54, 1.807) is 32.1 Å². The number of anilines is 2. The molecule has 0 spiro atoms. The van der Waals surface area contributed by atoms with E-state index < -0.39 is 125 Å². The highest BCUT2D eigenvalue weighted by Crippen LogP contribution is 2.52. The average molecular weight is 1570 g/mol. The molecule has 3 aromatic rings. The maximum Gasteiger partial charge on any atom is 0.470 e. The van der Waals surface area contributed by atoms with Gasteiger partial charge in [0.25, 0.3) is 40.5 Å². The first-order chi connectivity index (χ1) is 47.7. The van der Waals surface area contributed by atoms with Crippen LogP contribution < -0.4 is 27.0 Å². The zero-order valence-corrected chi connectivity index (χ0v) is 61.2. The molecular weight excluding hydrogens is 1480 g/mol. The molecule has 3 unspecified atom stereocenters. The third kappa shape index (κ3) is 26.0. The van der Waals surface area contributed by atoms with Crippen LogP contribution in [0, 0.1) is 0 Å². The van der Waals surface area contributed by atoms with Crippen molar-refractivity contribution in [2.75, 3.05) is 121 Å². The van der Waals surface area contributed by atoms with E-state index in [0.717, 1.165) is 4.57 Å². The number of phosphoric ester groups is 2. The van der Waals surface area contributed by atoms with Crippen molar-refractivity contribution in [1.29, 1.82) is 0 Å². The number of hydrogen-bond acceptors (Lipinski definition) is 25. The number of rotatable bonds is 46. The number of aryl methyl sites for hydroxylation is 1. The lowest BCUT2D eigenvalue weighted by molar-refractivity contribution is -0.438. The van der Waals surface area contributed by atoms with Gasteiger partial charge in [-0.2, -0.15) is 43.2 Å². The Morgan fingerprint density at radius 3 is 1.87 bits per heavy atom. The van der Waals surface area contributed by atoms with E-state index in [0.29, 0.717) is 66.1 Å². The molecule has 0 bridgehead atoms. The zero-order valence-electron chi connectivity index (χ0n) is 56.2. The molecule has 0 radical (unpaired) electrons. The number of nitrogens with one attached hydrogen (secondary N) is 2. The minimum Gasteiger partial charge on any atom is -0.386 e. The van der Waals surface area contributed by atoms with Gasteiger partial charge in [0.15, 0.2) is 11.9 Å². The number of aromatic nitrogens is 2. The average Bonchev–Trinajstić information content (AvgIpc) is 1.58. The summed E-state index contributed by atoms with van der Waals surface area (Å²) in [4.78, 5) is 79.6. The maximum atomic E-state index is 12.9. The number of nitrogens with zero attached hydrogens (tertiary/aromatic N) is 4. The number of carbonyl (C=O) groups is 2. The van der Waals surface area contributed by atoms with Crippen LogP contribution in [0.4, 0.5) is 17.2 Å². The highest BCUT2D eigenvalue weighted by molar-refractivity contribution is 7.86. The molecule has 102 heavy (non-hydrogen) atoms. The second kappa shape index (κ2) is 37.7. The van der Waals surface area contributed by atoms with E-state index in [-0.39, 0.29) is 147 Å². The van der Waals surface area contributed by atoms with Crippen molar-refractivity contribution >= 4 is 90.8 Å². The largest absolute Gasteiger partial charge is 0.470 e. The van der Waals surface area contributed by atoms with E-state index in [1.807, 2.05) is 9.48 Å². The van der Waals surface area contributed by atoms with E-state index >= 15 is 0 Å². The topological polar surface area (TPSA) is 552 Å². The number of aliphatic hydroxyl groups excluding tert-OH is 1. The number of fused-ring (bicyclic) bond motifs is 2. The number of carbonyl (C=O) groups excluding carboxylic acids is 2. The Labute approximate surface area is 590 Å². The van der Waals surface area contributed by atoms with Crippen molar-refractivity contribution in [3.63, 3.8) is 0 Å². The monoisotopic (exact) mass is 1570 g/mol. The molecule has 6 rings (SSSR count). The number of amides is 2. The third-order valence-electron chi connectivity index (χ3n) is 16.9. The lowest BCUT2D eigenvalue weighted by atomic mass is 9.75. The molecule has 4 heterocycles. The summed E-state index contributed by atoms with van der Waals surface area (Å²) in [7, 11) is -27.2. The maximum absolute atomic E-state index is 12.9. The first-order valence-electron chi connectivity index (χ1n) is 32.1. The minimum atomic E-state index is -5.29. The number of benzene rings is 2. The van der Waals surface area contributed by atoms with Gasteiger partial charge in [-0.25, -0.2) is 13.9 Å². The van der Waals surface area contributed by atoms with Gasteiger partial charge < -0.3 is 74.4 Å². The lowest BCUT2D eigenvalue weighted by Crippen LogP contribution is -2.38. The Hall–Kier alpha value is -5.41. The molecule has 1 aromatic heterocycles. The molecule has 0 saturated carbocycles. The fourth-order valence-corrected chi connectivity index (χ4v) is 15.0. The van der Waals surface area contributed by atoms with Crippen LogP contribution in [0.1, 0.15) is 101 Å². The Balaban J connectivity index is 0.916. The van der Waals surface area contributed by atoms with Crippen molar-refractivity contribution in [1.82, 2.24) is 20.2 Å². The number of nitrogens with two attached hydrogens (primary N) is 1. The Morgan fingerprint density at radius 2 is 1.28 bits per heavy atom. The van der Waals surface area contributed by atoms with Crippen molar-refractivity contribution < 1.29 is 137 Å². The van der Waals surface area contributed by atoms with Gasteiger partial charge in [0, 0.05) is 92.3 Å². The highest BCUT2D eigenvalue weighted by atomic mass is 32.2. The normalized spacial score (nSPS) is 20.8. The Kier molecular flexibility index (Phi) is 31.6. The van der Waals surface area contributed by atoms with Crippen molar-refractivity contribution in [2.24, 2.45) is 0 Å². The molecule has 0 aliphatic carbocycles. The molecule has 2 aromatic carbocycles. The van der Waals surface area contributed by atoms with Crippen LogP contribution >= 0.6 is 15.6 Å². The summed E-state index contributed by atoms with van der Waals surface area (Å²) in [5.74, 6) is -1.98. The first-order valence-corrected chi connectivity index (χ1v) is 41.3. The fraction of sp³-hybridized carbons (Fsp3) is 0.610. The van der Waals surface area contributed by atoms with Crippen LogP contribution in [0.15, 0.2) is 81.1 Å².